The minimum atomic E-state index is -0.829. The Balaban J connectivity index is 1.86. The SMILES string of the molecule is O=C(c1ccc([N+](=O)[O-])cc1F)C1Cc2ccccc2C1. The summed E-state index contributed by atoms with van der Waals surface area (Å²) in [6.07, 6.45) is 1.18. The molecule has 0 amide bonds. The highest BCUT2D eigenvalue weighted by Gasteiger charge is 2.29. The predicted molar refractivity (Wildman–Crippen MR) is 74.7 cm³/mol. The van der Waals surface area contributed by atoms with Gasteiger partial charge >= 0.3 is 0 Å². The number of carbonyl (C=O) groups is 1. The van der Waals surface area contributed by atoms with Crippen LogP contribution in [0.5, 0.6) is 0 Å². The van der Waals surface area contributed by atoms with E-state index in [1.165, 1.54) is 12.1 Å². The third kappa shape index (κ3) is 2.42. The molecule has 0 radical (unpaired) electrons. The molecule has 21 heavy (non-hydrogen) atoms. The van der Waals surface area contributed by atoms with Crippen LogP contribution < -0.4 is 0 Å². The summed E-state index contributed by atoms with van der Waals surface area (Å²) < 4.78 is 13.9. The van der Waals surface area contributed by atoms with Crippen molar-refractivity contribution in [2.24, 2.45) is 5.92 Å². The van der Waals surface area contributed by atoms with Gasteiger partial charge in [-0.1, -0.05) is 24.3 Å². The number of fused-ring (bicyclic) bond motifs is 1. The molecule has 0 fully saturated rings. The van der Waals surface area contributed by atoms with E-state index in [2.05, 4.69) is 0 Å². The van der Waals surface area contributed by atoms with Gasteiger partial charge in [-0.25, -0.2) is 4.39 Å². The minimum Gasteiger partial charge on any atom is -0.294 e. The van der Waals surface area contributed by atoms with E-state index in [-0.39, 0.29) is 23.0 Å². The molecular formula is C16H12FNO3. The number of hydrogen-bond acceptors (Lipinski definition) is 3. The van der Waals surface area contributed by atoms with Crippen LogP contribution in [0, 0.1) is 21.8 Å². The molecule has 3 rings (SSSR count). The van der Waals surface area contributed by atoms with Crippen molar-refractivity contribution in [1.29, 1.82) is 0 Å². The fraction of sp³-hybridized carbons (Fsp3) is 0.188. The monoisotopic (exact) mass is 285 g/mol. The van der Waals surface area contributed by atoms with Crippen molar-refractivity contribution >= 4 is 11.5 Å². The molecule has 0 unspecified atom stereocenters. The number of nitro groups is 1. The Morgan fingerprint density at radius 2 is 1.76 bits per heavy atom. The fourth-order valence-electron chi connectivity index (χ4n) is 2.78. The lowest BCUT2D eigenvalue weighted by Crippen LogP contribution is -2.16. The van der Waals surface area contributed by atoms with Crippen LogP contribution in [0.4, 0.5) is 10.1 Å². The molecule has 0 aliphatic heterocycles. The van der Waals surface area contributed by atoms with Crippen LogP contribution in [0.15, 0.2) is 42.5 Å². The first-order valence-corrected chi connectivity index (χ1v) is 6.61. The topological polar surface area (TPSA) is 60.2 Å². The van der Waals surface area contributed by atoms with E-state index < -0.39 is 10.7 Å². The normalized spacial score (nSPS) is 14.0. The van der Waals surface area contributed by atoms with Gasteiger partial charge in [0.05, 0.1) is 16.6 Å². The minimum absolute atomic E-state index is 0.0709. The first-order valence-electron chi connectivity index (χ1n) is 6.61. The van der Waals surface area contributed by atoms with Crippen LogP contribution in [0.3, 0.4) is 0 Å². The van der Waals surface area contributed by atoms with Gasteiger partial charge in [-0.15, -0.1) is 0 Å². The largest absolute Gasteiger partial charge is 0.294 e. The summed E-state index contributed by atoms with van der Waals surface area (Å²) in [6, 6.07) is 10.9. The van der Waals surface area contributed by atoms with Gasteiger partial charge in [0.2, 0.25) is 0 Å². The number of non-ortho nitro benzene ring substituents is 1. The van der Waals surface area contributed by atoms with E-state index in [1.807, 2.05) is 24.3 Å². The van der Waals surface area contributed by atoms with E-state index in [0.29, 0.717) is 12.8 Å². The summed E-state index contributed by atoms with van der Waals surface area (Å²) in [5.74, 6) is -1.41. The number of carbonyl (C=O) groups excluding carboxylic acids is 1. The predicted octanol–water partition coefficient (Wildman–Crippen LogP) is 3.33. The van der Waals surface area contributed by atoms with Gasteiger partial charge in [0, 0.05) is 12.0 Å². The maximum absolute atomic E-state index is 13.9. The lowest BCUT2D eigenvalue weighted by atomic mass is 9.94. The standard InChI is InChI=1S/C16H12FNO3/c17-15-9-13(18(20)21)5-6-14(15)16(19)12-7-10-3-1-2-4-11(10)8-12/h1-6,9,12H,7-8H2. The zero-order valence-electron chi connectivity index (χ0n) is 11.1. The molecule has 0 aromatic heterocycles. The van der Waals surface area contributed by atoms with E-state index in [1.54, 1.807) is 0 Å². The molecule has 0 saturated carbocycles. The molecular weight excluding hydrogens is 273 g/mol. The summed E-state index contributed by atoms with van der Waals surface area (Å²) in [6.45, 7) is 0. The number of hydrogen-bond donors (Lipinski definition) is 0. The molecule has 106 valence electrons. The summed E-state index contributed by atoms with van der Waals surface area (Å²) in [5.41, 5.74) is 1.80. The van der Waals surface area contributed by atoms with Crippen LogP contribution in [0.1, 0.15) is 21.5 Å². The number of nitro benzene ring substituents is 1. The molecule has 2 aromatic carbocycles. The number of benzene rings is 2. The van der Waals surface area contributed by atoms with Gasteiger partial charge in [-0.3, -0.25) is 14.9 Å². The van der Waals surface area contributed by atoms with Crippen LogP contribution in [-0.2, 0) is 12.8 Å². The average Bonchev–Trinajstić information content (AvgIpc) is 2.90. The van der Waals surface area contributed by atoms with Gasteiger partial charge in [-0.2, -0.15) is 0 Å². The van der Waals surface area contributed by atoms with E-state index in [0.717, 1.165) is 17.2 Å². The zero-order chi connectivity index (χ0) is 15.0. The molecule has 0 saturated heterocycles. The number of ketones is 1. The highest BCUT2D eigenvalue weighted by molar-refractivity contribution is 5.99. The van der Waals surface area contributed by atoms with Gasteiger partial charge in [0.1, 0.15) is 5.82 Å². The van der Waals surface area contributed by atoms with Gasteiger partial charge in [0.15, 0.2) is 5.78 Å². The third-order valence-corrected chi connectivity index (χ3v) is 3.85. The second-order valence-corrected chi connectivity index (χ2v) is 5.16. The summed E-state index contributed by atoms with van der Waals surface area (Å²) in [7, 11) is 0. The van der Waals surface area contributed by atoms with Crippen LogP contribution in [0.25, 0.3) is 0 Å². The van der Waals surface area contributed by atoms with Crippen molar-refractivity contribution < 1.29 is 14.1 Å². The Kier molecular flexibility index (Phi) is 3.25. The van der Waals surface area contributed by atoms with Crippen molar-refractivity contribution in [3.63, 3.8) is 0 Å². The Labute approximate surface area is 120 Å². The molecule has 0 bridgehead atoms. The maximum atomic E-state index is 13.9. The van der Waals surface area contributed by atoms with Crippen molar-refractivity contribution in [2.75, 3.05) is 0 Å². The molecule has 1 aliphatic rings. The lowest BCUT2D eigenvalue weighted by molar-refractivity contribution is -0.385. The van der Waals surface area contributed by atoms with Crippen molar-refractivity contribution in [3.8, 4) is 0 Å². The quantitative estimate of drug-likeness (QED) is 0.493. The molecule has 4 nitrogen and oxygen atoms in total. The molecule has 2 aromatic rings. The highest BCUT2D eigenvalue weighted by atomic mass is 19.1. The lowest BCUT2D eigenvalue weighted by Gasteiger charge is -2.08. The number of Topliss-reactive ketones (excluding diaryl/α,β-unsaturated/α-hetero) is 1. The second kappa shape index (κ2) is 5.09. The Morgan fingerprint density at radius 3 is 2.29 bits per heavy atom. The maximum Gasteiger partial charge on any atom is 0.272 e. The highest BCUT2D eigenvalue weighted by Crippen LogP contribution is 2.30. The Morgan fingerprint density at radius 1 is 1.14 bits per heavy atom. The first-order chi connectivity index (χ1) is 10.1. The van der Waals surface area contributed by atoms with Crippen molar-refractivity contribution in [3.05, 3.63) is 75.1 Å². The van der Waals surface area contributed by atoms with E-state index in [4.69, 9.17) is 0 Å². The van der Waals surface area contributed by atoms with Crippen LogP contribution in [0.2, 0.25) is 0 Å². The van der Waals surface area contributed by atoms with Crippen LogP contribution >= 0.6 is 0 Å². The van der Waals surface area contributed by atoms with Gasteiger partial charge < -0.3 is 0 Å². The average molecular weight is 285 g/mol. The number of rotatable bonds is 3. The fourth-order valence-corrected chi connectivity index (χ4v) is 2.78. The van der Waals surface area contributed by atoms with Gasteiger partial charge in [-0.05, 0) is 30.0 Å². The molecule has 1 aliphatic carbocycles. The van der Waals surface area contributed by atoms with E-state index in [9.17, 15) is 19.3 Å². The Hall–Kier alpha value is -2.56. The summed E-state index contributed by atoms with van der Waals surface area (Å²) in [4.78, 5) is 22.3. The molecule has 5 heteroatoms. The van der Waals surface area contributed by atoms with Crippen molar-refractivity contribution in [1.82, 2.24) is 0 Å². The third-order valence-electron chi connectivity index (χ3n) is 3.85. The molecule has 0 N–H and O–H groups in total. The van der Waals surface area contributed by atoms with Crippen LogP contribution in [-0.4, -0.2) is 10.7 Å². The molecule has 0 heterocycles. The Bertz CT molecular complexity index is 717. The van der Waals surface area contributed by atoms with Gasteiger partial charge in [0.25, 0.3) is 5.69 Å². The number of halogens is 1. The smallest absolute Gasteiger partial charge is 0.272 e. The summed E-state index contributed by atoms with van der Waals surface area (Å²) >= 11 is 0. The summed E-state index contributed by atoms with van der Waals surface area (Å²) in [5, 5.41) is 10.6. The first kappa shape index (κ1) is 13.4. The van der Waals surface area contributed by atoms with E-state index >= 15 is 0 Å². The molecule has 0 atom stereocenters. The molecule has 0 spiro atoms. The van der Waals surface area contributed by atoms with Crippen molar-refractivity contribution in [2.45, 2.75) is 12.8 Å². The number of nitrogens with zero attached hydrogens (tertiary/aromatic N) is 1. The second-order valence-electron chi connectivity index (χ2n) is 5.16. The zero-order valence-corrected chi connectivity index (χ0v) is 11.1.